The van der Waals surface area contributed by atoms with Gasteiger partial charge in [-0.2, -0.15) is 0 Å². The minimum atomic E-state index is -0.672. The first kappa shape index (κ1) is 16.1. The molecule has 0 aliphatic carbocycles. The van der Waals surface area contributed by atoms with Crippen molar-refractivity contribution in [3.63, 3.8) is 0 Å². The fraction of sp³-hybridized carbons (Fsp3) is 0.278. The number of aryl methyl sites for hydroxylation is 1. The van der Waals surface area contributed by atoms with Gasteiger partial charge in [-0.3, -0.25) is 9.59 Å². The number of aromatic nitrogens is 1. The van der Waals surface area contributed by atoms with Gasteiger partial charge < -0.3 is 15.0 Å². The Morgan fingerprint density at radius 3 is 2.79 bits per heavy atom. The number of benzene rings is 1. The zero-order valence-corrected chi connectivity index (χ0v) is 13.4. The molecule has 2 amide bonds. The van der Waals surface area contributed by atoms with Crippen LogP contribution in [0.2, 0.25) is 0 Å². The highest BCUT2D eigenvalue weighted by Crippen LogP contribution is 2.15. The molecule has 3 rings (SSSR count). The second-order valence-electron chi connectivity index (χ2n) is 5.69. The Bertz CT molecular complexity index is 733. The quantitative estimate of drug-likeness (QED) is 0.930. The predicted octanol–water partition coefficient (Wildman–Crippen LogP) is 1.76. The van der Waals surface area contributed by atoms with Crippen LogP contribution in [0.25, 0.3) is 0 Å². The lowest BCUT2D eigenvalue weighted by atomic mass is 10.1. The van der Waals surface area contributed by atoms with Crippen LogP contribution >= 0.6 is 0 Å². The van der Waals surface area contributed by atoms with Crippen LogP contribution in [0.3, 0.4) is 0 Å². The van der Waals surface area contributed by atoms with Crippen molar-refractivity contribution in [3.8, 4) is 0 Å². The number of anilines is 1. The number of nitrogens with zero attached hydrogens (tertiary/aromatic N) is 2. The molecule has 1 atom stereocenters. The van der Waals surface area contributed by atoms with Gasteiger partial charge in [-0.05, 0) is 24.6 Å². The number of carbonyl (C=O) groups is 2. The Balaban J connectivity index is 1.75. The lowest BCUT2D eigenvalue weighted by Gasteiger charge is -2.34. The van der Waals surface area contributed by atoms with Gasteiger partial charge >= 0.3 is 0 Å². The van der Waals surface area contributed by atoms with E-state index in [1.165, 1.54) is 0 Å². The smallest absolute Gasteiger partial charge is 0.250 e. The third kappa shape index (κ3) is 3.78. The van der Waals surface area contributed by atoms with Gasteiger partial charge in [0.2, 0.25) is 5.91 Å². The summed E-state index contributed by atoms with van der Waals surface area (Å²) in [5, 5.41) is 2.76. The summed E-state index contributed by atoms with van der Waals surface area (Å²) < 4.78 is 5.27. The number of morpholine rings is 1. The molecule has 2 aromatic rings. The summed E-state index contributed by atoms with van der Waals surface area (Å²) in [6.07, 6.45) is 0. The molecule has 24 heavy (non-hydrogen) atoms. The summed E-state index contributed by atoms with van der Waals surface area (Å²) in [6, 6.07) is 14.3. The van der Waals surface area contributed by atoms with Crippen LogP contribution in [0, 0.1) is 6.92 Å². The van der Waals surface area contributed by atoms with Crippen molar-refractivity contribution in [2.75, 3.05) is 18.5 Å². The van der Waals surface area contributed by atoms with Crippen molar-refractivity contribution < 1.29 is 14.3 Å². The van der Waals surface area contributed by atoms with Gasteiger partial charge in [-0.25, -0.2) is 4.98 Å². The van der Waals surface area contributed by atoms with Crippen LogP contribution in [0.15, 0.2) is 48.5 Å². The monoisotopic (exact) mass is 325 g/mol. The molecule has 1 aliphatic heterocycles. The highest BCUT2D eigenvalue weighted by Gasteiger charge is 2.34. The molecular formula is C18H19N3O3. The molecule has 0 unspecified atom stereocenters. The number of ether oxygens (including phenoxy) is 1. The van der Waals surface area contributed by atoms with E-state index in [2.05, 4.69) is 10.3 Å². The number of amides is 2. The van der Waals surface area contributed by atoms with Crippen molar-refractivity contribution in [3.05, 3.63) is 59.8 Å². The summed E-state index contributed by atoms with van der Waals surface area (Å²) in [5.74, 6) is -0.0165. The number of pyridine rings is 1. The summed E-state index contributed by atoms with van der Waals surface area (Å²) in [7, 11) is 0. The minimum Gasteiger partial charge on any atom is -0.369 e. The van der Waals surface area contributed by atoms with Crippen molar-refractivity contribution in [2.45, 2.75) is 19.5 Å². The predicted molar refractivity (Wildman–Crippen MR) is 89.2 cm³/mol. The topological polar surface area (TPSA) is 71.5 Å². The fourth-order valence-electron chi connectivity index (χ4n) is 2.62. The zero-order valence-electron chi connectivity index (χ0n) is 13.4. The van der Waals surface area contributed by atoms with Gasteiger partial charge in [-0.15, -0.1) is 0 Å². The molecular weight excluding hydrogens is 306 g/mol. The van der Waals surface area contributed by atoms with E-state index in [9.17, 15) is 9.59 Å². The zero-order chi connectivity index (χ0) is 16.9. The largest absolute Gasteiger partial charge is 0.369 e. The molecule has 1 saturated heterocycles. The third-order valence-corrected chi connectivity index (χ3v) is 3.84. The van der Waals surface area contributed by atoms with Crippen LogP contribution < -0.4 is 5.32 Å². The van der Waals surface area contributed by atoms with E-state index in [1.807, 2.05) is 49.4 Å². The van der Waals surface area contributed by atoms with E-state index in [4.69, 9.17) is 4.74 Å². The van der Waals surface area contributed by atoms with Crippen LogP contribution in [0.1, 0.15) is 11.3 Å². The van der Waals surface area contributed by atoms with Crippen molar-refractivity contribution in [1.29, 1.82) is 0 Å². The highest BCUT2D eigenvalue weighted by molar-refractivity contribution is 5.97. The number of hydrogen-bond donors (Lipinski definition) is 1. The van der Waals surface area contributed by atoms with E-state index < -0.39 is 6.04 Å². The molecule has 6 nitrogen and oxygen atoms in total. The van der Waals surface area contributed by atoms with Crippen molar-refractivity contribution in [1.82, 2.24) is 9.88 Å². The maximum absolute atomic E-state index is 12.6. The van der Waals surface area contributed by atoms with E-state index in [0.29, 0.717) is 12.4 Å². The van der Waals surface area contributed by atoms with Crippen LogP contribution in [0.4, 0.5) is 5.82 Å². The average Bonchev–Trinajstić information content (AvgIpc) is 2.57. The first-order chi connectivity index (χ1) is 11.6. The second kappa shape index (κ2) is 7.23. The SMILES string of the molecule is Cc1cccc(NC(=O)[C@@H]2COCC(=O)N2Cc2ccccc2)n1. The molecule has 2 heterocycles. The standard InChI is InChI=1S/C18H19N3O3/c1-13-6-5-9-16(19-13)20-18(23)15-11-24-12-17(22)21(15)10-14-7-3-2-4-8-14/h2-9,15H,10-12H2,1H3,(H,19,20,23)/t15-/m0/s1. The molecule has 0 saturated carbocycles. The Hall–Kier alpha value is -2.73. The summed E-state index contributed by atoms with van der Waals surface area (Å²) in [6.45, 7) is 2.41. The Labute approximate surface area is 140 Å². The number of nitrogens with one attached hydrogen (secondary N) is 1. The maximum Gasteiger partial charge on any atom is 0.250 e. The first-order valence-corrected chi connectivity index (χ1v) is 7.79. The Morgan fingerprint density at radius 2 is 2.04 bits per heavy atom. The molecule has 0 bridgehead atoms. The van der Waals surface area contributed by atoms with Gasteiger partial charge in [0.05, 0.1) is 6.61 Å². The van der Waals surface area contributed by atoms with E-state index in [-0.39, 0.29) is 25.0 Å². The number of carbonyl (C=O) groups excluding carboxylic acids is 2. The number of hydrogen-bond acceptors (Lipinski definition) is 4. The second-order valence-corrected chi connectivity index (χ2v) is 5.69. The molecule has 0 spiro atoms. The third-order valence-electron chi connectivity index (χ3n) is 3.84. The van der Waals surface area contributed by atoms with Gasteiger partial charge in [0.25, 0.3) is 5.91 Å². The lowest BCUT2D eigenvalue weighted by Crippen LogP contribution is -2.54. The molecule has 1 aromatic heterocycles. The average molecular weight is 325 g/mol. The normalized spacial score (nSPS) is 17.6. The summed E-state index contributed by atoms with van der Waals surface area (Å²) in [5.41, 5.74) is 1.78. The van der Waals surface area contributed by atoms with Crippen LogP contribution in [-0.2, 0) is 20.9 Å². The molecule has 1 aliphatic rings. The van der Waals surface area contributed by atoms with Gasteiger partial charge in [0, 0.05) is 12.2 Å². The van der Waals surface area contributed by atoms with E-state index in [1.54, 1.807) is 11.0 Å². The maximum atomic E-state index is 12.6. The fourth-order valence-corrected chi connectivity index (χ4v) is 2.62. The molecule has 124 valence electrons. The molecule has 0 radical (unpaired) electrons. The number of rotatable bonds is 4. The van der Waals surface area contributed by atoms with Crippen molar-refractivity contribution >= 4 is 17.6 Å². The highest BCUT2D eigenvalue weighted by atomic mass is 16.5. The molecule has 1 fully saturated rings. The first-order valence-electron chi connectivity index (χ1n) is 7.79. The van der Waals surface area contributed by atoms with Crippen molar-refractivity contribution in [2.24, 2.45) is 0 Å². The van der Waals surface area contributed by atoms with Gasteiger partial charge in [0.1, 0.15) is 18.5 Å². The Kier molecular flexibility index (Phi) is 4.86. The van der Waals surface area contributed by atoms with Crippen LogP contribution in [0.5, 0.6) is 0 Å². The molecule has 6 heteroatoms. The summed E-state index contributed by atoms with van der Waals surface area (Å²) in [4.78, 5) is 30.6. The van der Waals surface area contributed by atoms with Crippen LogP contribution in [-0.4, -0.2) is 41.0 Å². The molecule has 1 aromatic carbocycles. The van der Waals surface area contributed by atoms with Gasteiger partial charge in [-0.1, -0.05) is 36.4 Å². The Morgan fingerprint density at radius 1 is 1.25 bits per heavy atom. The summed E-state index contributed by atoms with van der Waals surface area (Å²) >= 11 is 0. The van der Waals surface area contributed by atoms with E-state index in [0.717, 1.165) is 11.3 Å². The minimum absolute atomic E-state index is 0.000686. The van der Waals surface area contributed by atoms with Gasteiger partial charge in [0.15, 0.2) is 0 Å². The molecule has 1 N–H and O–H groups in total. The van der Waals surface area contributed by atoms with E-state index >= 15 is 0 Å². The lowest BCUT2D eigenvalue weighted by molar-refractivity contribution is -0.154.